The highest BCUT2D eigenvalue weighted by Gasteiger charge is 2.52. The third kappa shape index (κ3) is 4.30. The number of halogens is 1. The van der Waals surface area contributed by atoms with Gasteiger partial charge in [-0.1, -0.05) is 48.5 Å². The maximum atomic E-state index is 13.0. The van der Waals surface area contributed by atoms with Gasteiger partial charge in [-0.15, -0.1) is 0 Å². The number of alkyl carbamates (subject to hydrolysis) is 1. The SMILES string of the molecule is Cc1cc(Br)c(C(=O)O)cc1NC(=O)C1(NC(=O)OCC2c3ccccc3-c3ccccc32)CC1. The Bertz CT molecular complexity index is 1320. The first-order valence-corrected chi connectivity index (χ1v) is 12.1. The van der Waals surface area contributed by atoms with Crippen molar-refractivity contribution in [2.45, 2.75) is 31.2 Å². The molecule has 0 aliphatic heterocycles. The summed E-state index contributed by atoms with van der Waals surface area (Å²) >= 11 is 3.23. The van der Waals surface area contributed by atoms with Crippen LogP contribution in [0.3, 0.4) is 0 Å². The smallest absolute Gasteiger partial charge is 0.408 e. The van der Waals surface area contributed by atoms with Crippen LogP contribution in [0.2, 0.25) is 0 Å². The Morgan fingerprint density at radius 3 is 2.20 bits per heavy atom. The van der Waals surface area contributed by atoms with Crippen molar-refractivity contribution in [3.63, 3.8) is 0 Å². The minimum atomic E-state index is -1.11. The Balaban J connectivity index is 1.25. The maximum Gasteiger partial charge on any atom is 0.408 e. The first-order valence-electron chi connectivity index (χ1n) is 11.3. The van der Waals surface area contributed by atoms with Gasteiger partial charge in [-0.2, -0.15) is 0 Å². The largest absolute Gasteiger partial charge is 0.478 e. The molecule has 2 aliphatic rings. The molecule has 0 bridgehead atoms. The lowest BCUT2D eigenvalue weighted by Crippen LogP contribution is -2.46. The lowest BCUT2D eigenvalue weighted by atomic mass is 9.98. The maximum absolute atomic E-state index is 13.0. The highest BCUT2D eigenvalue weighted by molar-refractivity contribution is 9.10. The summed E-state index contributed by atoms with van der Waals surface area (Å²) in [4.78, 5) is 37.1. The zero-order valence-electron chi connectivity index (χ0n) is 18.9. The van der Waals surface area contributed by atoms with Gasteiger partial charge in [-0.25, -0.2) is 9.59 Å². The number of benzene rings is 3. The van der Waals surface area contributed by atoms with E-state index < -0.39 is 23.5 Å². The lowest BCUT2D eigenvalue weighted by Gasteiger charge is -2.20. The van der Waals surface area contributed by atoms with E-state index in [-0.39, 0.29) is 18.1 Å². The average molecular weight is 535 g/mol. The highest BCUT2D eigenvalue weighted by Crippen LogP contribution is 2.44. The molecule has 0 spiro atoms. The molecule has 35 heavy (non-hydrogen) atoms. The number of carbonyl (C=O) groups excluding carboxylic acids is 2. The van der Waals surface area contributed by atoms with Crippen LogP contribution in [-0.4, -0.2) is 35.2 Å². The second-order valence-corrected chi connectivity index (χ2v) is 9.79. The second-order valence-electron chi connectivity index (χ2n) is 8.94. The quantitative estimate of drug-likeness (QED) is 0.389. The molecule has 8 heteroatoms. The molecular weight excluding hydrogens is 512 g/mol. The van der Waals surface area contributed by atoms with Crippen LogP contribution in [-0.2, 0) is 9.53 Å². The van der Waals surface area contributed by atoms with E-state index in [1.165, 1.54) is 6.07 Å². The zero-order chi connectivity index (χ0) is 24.7. The van der Waals surface area contributed by atoms with Gasteiger partial charge in [0.25, 0.3) is 0 Å². The third-order valence-electron chi connectivity index (χ3n) is 6.66. The summed E-state index contributed by atoms with van der Waals surface area (Å²) in [6, 6.07) is 19.2. The highest BCUT2D eigenvalue weighted by atomic mass is 79.9. The molecule has 3 N–H and O–H groups in total. The molecule has 0 radical (unpaired) electrons. The number of aryl methyl sites for hydroxylation is 1. The van der Waals surface area contributed by atoms with E-state index in [0.717, 1.165) is 22.3 Å². The summed E-state index contributed by atoms with van der Waals surface area (Å²) in [5, 5.41) is 14.9. The van der Waals surface area contributed by atoms with Crippen molar-refractivity contribution in [3.8, 4) is 11.1 Å². The molecule has 5 rings (SSSR count). The number of fused-ring (bicyclic) bond motifs is 3. The van der Waals surface area contributed by atoms with Crippen molar-refractivity contribution in [1.82, 2.24) is 5.32 Å². The van der Waals surface area contributed by atoms with Crippen molar-refractivity contribution in [1.29, 1.82) is 0 Å². The summed E-state index contributed by atoms with van der Waals surface area (Å²) in [6.45, 7) is 1.93. The zero-order valence-corrected chi connectivity index (χ0v) is 20.5. The number of rotatable bonds is 6. The fourth-order valence-electron chi connectivity index (χ4n) is 4.58. The summed E-state index contributed by atoms with van der Waals surface area (Å²) in [5.41, 5.74) is 4.57. The van der Waals surface area contributed by atoms with E-state index >= 15 is 0 Å². The summed E-state index contributed by atoms with van der Waals surface area (Å²) in [5.74, 6) is -1.57. The molecule has 0 unspecified atom stereocenters. The number of anilines is 1. The van der Waals surface area contributed by atoms with Crippen molar-refractivity contribution >= 4 is 39.6 Å². The molecule has 7 nitrogen and oxygen atoms in total. The van der Waals surface area contributed by atoms with Gasteiger partial charge in [-0.05, 0) is 75.6 Å². The topological polar surface area (TPSA) is 105 Å². The monoisotopic (exact) mass is 534 g/mol. The first kappa shape index (κ1) is 23.1. The van der Waals surface area contributed by atoms with E-state index in [1.807, 2.05) is 36.4 Å². The van der Waals surface area contributed by atoms with Crippen LogP contribution in [0.5, 0.6) is 0 Å². The van der Waals surface area contributed by atoms with Crippen LogP contribution >= 0.6 is 15.9 Å². The van der Waals surface area contributed by atoms with E-state index in [0.29, 0.717) is 28.6 Å². The first-order chi connectivity index (χ1) is 16.8. The minimum absolute atomic E-state index is 0.0419. The van der Waals surface area contributed by atoms with Gasteiger partial charge in [0.05, 0.1) is 5.56 Å². The van der Waals surface area contributed by atoms with Gasteiger partial charge in [0.15, 0.2) is 0 Å². The molecule has 0 aromatic heterocycles. The number of carboxylic acids is 1. The number of carbonyl (C=O) groups is 3. The fourth-order valence-corrected chi connectivity index (χ4v) is 5.20. The minimum Gasteiger partial charge on any atom is -0.478 e. The average Bonchev–Trinajstić information content (AvgIpc) is 3.54. The number of amides is 2. The molecule has 1 saturated carbocycles. The van der Waals surface area contributed by atoms with E-state index in [2.05, 4.69) is 38.7 Å². The van der Waals surface area contributed by atoms with Crippen LogP contribution < -0.4 is 10.6 Å². The van der Waals surface area contributed by atoms with Crippen molar-refractivity contribution in [2.75, 3.05) is 11.9 Å². The molecule has 2 aliphatic carbocycles. The number of nitrogens with one attached hydrogen (secondary N) is 2. The Labute approximate surface area is 210 Å². The number of hydrogen-bond acceptors (Lipinski definition) is 4. The molecule has 3 aromatic rings. The van der Waals surface area contributed by atoms with E-state index in [4.69, 9.17) is 4.74 Å². The van der Waals surface area contributed by atoms with Gasteiger partial charge in [0.2, 0.25) is 5.91 Å². The summed E-state index contributed by atoms with van der Waals surface area (Å²) in [7, 11) is 0. The van der Waals surface area contributed by atoms with Crippen molar-refractivity contribution in [3.05, 3.63) is 87.4 Å². The van der Waals surface area contributed by atoms with Crippen LogP contribution in [0.1, 0.15) is 45.8 Å². The van der Waals surface area contributed by atoms with Crippen LogP contribution in [0, 0.1) is 6.92 Å². The Morgan fingerprint density at radius 2 is 1.63 bits per heavy atom. The molecule has 178 valence electrons. The Morgan fingerprint density at radius 1 is 1.03 bits per heavy atom. The van der Waals surface area contributed by atoms with Crippen LogP contribution in [0.25, 0.3) is 11.1 Å². The van der Waals surface area contributed by atoms with Crippen LogP contribution in [0.4, 0.5) is 10.5 Å². The molecular formula is C27H23BrN2O5. The Hall–Kier alpha value is -3.65. The van der Waals surface area contributed by atoms with Gasteiger partial charge < -0.3 is 20.5 Å². The number of hydrogen-bond donors (Lipinski definition) is 3. The van der Waals surface area contributed by atoms with Gasteiger partial charge in [0, 0.05) is 16.1 Å². The fraction of sp³-hybridized carbons (Fsp3) is 0.222. The summed E-state index contributed by atoms with van der Waals surface area (Å²) in [6.07, 6.45) is 0.299. The van der Waals surface area contributed by atoms with E-state index in [1.54, 1.807) is 13.0 Å². The predicted molar refractivity (Wildman–Crippen MR) is 135 cm³/mol. The van der Waals surface area contributed by atoms with Gasteiger partial charge >= 0.3 is 12.1 Å². The molecule has 0 heterocycles. The molecule has 1 fully saturated rings. The number of carboxylic acid groups (broad SMARTS) is 1. The van der Waals surface area contributed by atoms with Crippen molar-refractivity contribution in [2.24, 2.45) is 0 Å². The van der Waals surface area contributed by atoms with Gasteiger partial charge in [0.1, 0.15) is 12.1 Å². The van der Waals surface area contributed by atoms with Gasteiger partial charge in [-0.3, -0.25) is 4.79 Å². The second kappa shape index (κ2) is 8.85. The molecule has 0 atom stereocenters. The predicted octanol–water partition coefficient (Wildman–Crippen LogP) is 5.47. The third-order valence-corrected chi connectivity index (χ3v) is 7.32. The van der Waals surface area contributed by atoms with Crippen molar-refractivity contribution < 1.29 is 24.2 Å². The number of ether oxygens (including phenoxy) is 1. The normalized spacial score (nSPS) is 15.0. The standard InChI is InChI=1S/C27H23BrN2O5/c1-15-12-22(28)20(24(31)32)13-23(15)29-25(33)27(10-11-27)30-26(34)35-14-21-18-8-4-2-6-16(18)17-7-3-5-9-19(17)21/h2-9,12-13,21H,10-11,14H2,1H3,(H,29,33)(H,30,34)(H,31,32). The molecule has 0 saturated heterocycles. The number of aromatic carboxylic acids is 1. The van der Waals surface area contributed by atoms with Crippen LogP contribution in [0.15, 0.2) is 65.1 Å². The summed E-state index contributed by atoms with van der Waals surface area (Å²) < 4.78 is 6.02. The lowest BCUT2D eigenvalue weighted by molar-refractivity contribution is -0.119. The molecule has 2 amide bonds. The van der Waals surface area contributed by atoms with E-state index in [9.17, 15) is 19.5 Å². The Kier molecular flexibility index (Phi) is 5.84. The molecule has 3 aromatic carbocycles.